The van der Waals surface area contributed by atoms with Crippen LogP contribution >= 0.6 is 0 Å². The summed E-state index contributed by atoms with van der Waals surface area (Å²) in [7, 11) is -3.46. The Kier molecular flexibility index (Phi) is 5.30. The van der Waals surface area contributed by atoms with Crippen molar-refractivity contribution in [2.75, 3.05) is 11.6 Å². The predicted octanol–water partition coefficient (Wildman–Crippen LogP) is 2.34. The van der Waals surface area contributed by atoms with Gasteiger partial charge in [0.05, 0.1) is 19.3 Å². The monoisotopic (exact) mass is 319 g/mol. The van der Waals surface area contributed by atoms with E-state index in [1.165, 1.54) is 0 Å². The smallest absolute Gasteiger partial charge is 0.264 e. The molecule has 2 aromatic rings. The van der Waals surface area contributed by atoms with E-state index < -0.39 is 10.1 Å². The van der Waals surface area contributed by atoms with Gasteiger partial charge in [-0.15, -0.1) is 0 Å². The van der Waals surface area contributed by atoms with Gasteiger partial charge in [0.15, 0.2) is 0 Å². The first kappa shape index (κ1) is 16.2. The molecule has 0 aromatic heterocycles. The highest BCUT2D eigenvalue weighted by Gasteiger charge is 2.05. The summed E-state index contributed by atoms with van der Waals surface area (Å²) in [6, 6.07) is 16.3. The van der Waals surface area contributed by atoms with E-state index in [1.54, 1.807) is 24.3 Å². The Labute approximate surface area is 130 Å². The first-order chi connectivity index (χ1) is 10.4. The molecule has 2 rings (SSSR count). The minimum atomic E-state index is -3.46. The van der Waals surface area contributed by atoms with Crippen molar-refractivity contribution < 1.29 is 17.4 Å². The number of hydrogen-bond acceptors (Lipinski definition) is 4. The summed E-state index contributed by atoms with van der Waals surface area (Å²) in [5.74, 6) is -0.105. The largest absolute Gasteiger partial charge is 0.326 e. The number of hydrogen-bond donors (Lipinski definition) is 1. The Balaban J connectivity index is 1.89. The molecular formula is C16H17NO4S. The fourth-order valence-corrected chi connectivity index (χ4v) is 2.20. The highest BCUT2D eigenvalue weighted by molar-refractivity contribution is 7.85. The number of amides is 1. The third-order valence-electron chi connectivity index (χ3n) is 2.88. The molecule has 0 aliphatic heterocycles. The number of rotatable bonds is 6. The molecule has 0 spiro atoms. The van der Waals surface area contributed by atoms with E-state index >= 15 is 0 Å². The van der Waals surface area contributed by atoms with Gasteiger partial charge in [-0.05, 0) is 23.3 Å². The van der Waals surface area contributed by atoms with Crippen molar-refractivity contribution in [2.24, 2.45) is 0 Å². The first-order valence-corrected chi connectivity index (χ1v) is 8.51. The van der Waals surface area contributed by atoms with Crippen LogP contribution in [0.2, 0.25) is 0 Å². The van der Waals surface area contributed by atoms with Gasteiger partial charge in [0.25, 0.3) is 10.1 Å². The van der Waals surface area contributed by atoms with Crippen molar-refractivity contribution in [3.8, 4) is 0 Å². The molecule has 6 heteroatoms. The van der Waals surface area contributed by atoms with E-state index in [9.17, 15) is 13.2 Å². The molecule has 116 valence electrons. The van der Waals surface area contributed by atoms with Crippen LogP contribution in [-0.4, -0.2) is 20.6 Å². The maximum Gasteiger partial charge on any atom is 0.264 e. The molecule has 0 saturated heterocycles. The maximum absolute atomic E-state index is 11.9. The predicted molar refractivity (Wildman–Crippen MR) is 84.9 cm³/mol. The van der Waals surface area contributed by atoms with E-state index in [0.717, 1.165) is 11.8 Å². The molecule has 0 radical (unpaired) electrons. The molecule has 0 saturated carbocycles. The van der Waals surface area contributed by atoms with Crippen molar-refractivity contribution in [3.05, 3.63) is 65.7 Å². The van der Waals surface area contributed by atoms with Gasteiger partial charge in [-0.25, -0.2) is 0 Å². The molecule has 0 unspecified atom stereocenters. The average Bonchev–Trinajstić information content (AvgIpc) is 2.47. The normalized spacial score (nSPS) is 11.1. The Morgan fingerprint density at radius 1 is 1.00 bits per heavy atom. The molecule has 2 aromatic carbocycles. The minimum absolute atomic E-state index is 0.0168. The van der Waals surface area contributed by atoms with Crippen LogP contribution in [-0.2, 0) is 32.1 Å². The van der Waals surface area contributed by atoms with Crippen molar-refractivity contribution in [1.29, 1.82) is 0 Å². The summed E-state index contributed by atoms with van der Waals surface area (Å²) >= 11 is 0. The summed E-state index contributed by atoms with van der Waals surface area (Å²) < 4.78 is 26.5. The molecule has 0 aliphatic carbocycles. The lowest BCUT2D eigenvalue weighted by Gasteiger charge is -2.07. The molecule has 0 aliphatic rings. The summed E-state index contributed by atoms with van der Waals surface area (Å²) in [6.45, 7) is -0.0168. The molecule has 0 heterocycles. The van der Waals surface area contributed by atoms with Crippen LogP contribution in [0.15, 0.2) is 54.6 Å². The van der Waals surface area contributed by atoms with Crippen LogP contribution in [0.4, 0.5) is 5.69 Å². The first-order valence-electron chi connectivity index (χ1n) is 6.69. The van der Waals surface area contributed by atoms with E-state index in [0.29, 0.717) is 17.7 Å². The summed E-state index contributed by atoms with van der Waals surface area (Å²) in [4.78, 5) is 11.9. The Hall–Kier alpha value is -2.18. The molecular weight excluding hydrogens is 302 g/mol. The van der Waals surface area contributed by atoms with E-state index in [-0.39, 0.29) is 12.5 Å². The van der Waals surface area contributed by atoms with Gasteiger partial charge in [-0.1, -0.05) is 42.5 Å². The Morgan fingerprint density at radius 3 is 2.23 bits per heavy atom. The van der Waals surface area contributed by atoms with Gasteiger partial charge in [-0.2, -0.15) is 8.42 Å². The number of carbonyl (C=O) groups excluding carboxylic acids is 1. The van der Waals surface area contributed by atoms with Gasteiger partial charge < -0.3 is 5.32 Å². The average molecular weight is 319 g/mol. The third kappa shape index (κ3) is 5.67. The molecule has 1 N–H and O–H groups in total. The van der Waals surface area contributed by atoms with Gasteiger partial charge in [0.1, 0.15) is 0 Å². The van der Waals surface area contributed by atoms with Crippen LogP contribution < -0.4 is 5.32 Å². The lowest BCUT2D eigenvalue weighted by molar-refractivity contribution is -0.115. The van der Waals surface area contributed by atoms with Crippen LogP contribution in [0.3, 0.4) is 0 Å². The number of carbonyl (C=O) groups is 1. The standard InChI is InChI=1S/C16H17NO4S/c1-22(19,20)21-12-14-7-9-15(10-8-14)17-16(18)11-13-5-3-2-4-6-13/h2-10H,11-12H2,1H3,(H,17,18). The van der Waals surface area contributed by atoms with Crippen LogP contribution in [0.25, 0.3) is 0 Å². The van der Waals surface area contributed by atoms with E-state index in [1.807, 2.05) is 30.3 Å². The van der Waals surface area contributed by atoms with Gasteiger partial charge in [0, 0.05) is 5.69 Å². The molecule has 0 fully saturated rings. The zero-order valence-corrected chi connectivity index (χ0v) is 13.0. The quantitative estimate of drug-likeness (QED) is 0.830. The molecule has 0 atom stereocenters. The van der Waals surface area contributed by atoms with Crippen LogP contribution in [0.1, 0.15) is 11.1 Å². The van der Waals surface area contributed by atoms with E-state index in [2.05, 4.69) is 5.32 Å². The lowest BCUT2D eigenvalue weighted by Crippen LogP contribution is -2.14. The maximum atomic E-state index is 11.9. The second-order valence-electron chi connectivity index (χ2n) is 4.87. The molecule has 0 bridgehead atoms. The Morgan fingerprint density at radius 2 is 1.64 bits per heavy atom. The second-order valence-corrected chi connectivity index (χ2v) is 6.52. The van der Waals surface area contributed by atoms with Crippen LogP contribution in [0.5, 0.6) is 0 Å². The van der Waals surface area contributed by atoms with Crippen molar-refractivity contribution in [1.82, 2.24) is 0 Å². The number of nitrogens with one attached hydrogen (secondary N) is 1. The van der Waals surface area contributed by atoms with Gasteiger partial charge >= 0.3 is 0 Å². The van der Waals surface area contributed by atoms with Crippen LogP contribution in [0, 0.1) is 0 Å². The zero-order valence-electron chi connectivity index (χ0n) is 12.2. The summed E-state index contributed by atoms with van der Waals surface area (Å²) in [5, 5.41) is 2.79. The fourth-order valence-electron chi connectivity index (χ4n) is 1.85. The minimum Gasteiger partial charge on any atom is -0.326 e. The molecule has 22 heavy (non-hydrogen) atoms. The van der Waals surface area contributed by atoms with Gasteiger partial charge in [0.2, 0.25) is 5.91 Å². The molecule has 1 amide bonds. The highest BCUT2D eigenvalue weighted by atomic mass is 32.2. The number of benzene rings is 2. The fraction of sp³-hybridized carbons (Fsp3) is 0.188. The number of anilines is 1. The topological polar surface area (TPSA) is 72.5 Å². The highest BCUT2D eigenvalue weighted by Crippen LogP contribution is 2.12. The second kappa shape index (κ2) is 7.20. The molecule has 5 nitrogen and oxygen atoms in total. The summed E-state index contributed by atoms with van der Waals surface area (Å²) in [5.41, 5.74) is 2.31. The van der Waals surface area contributed by atoms with E-state index in [4.69, 9.17) is 4.18 Å². The summed E-state index contributed by atoms with van der Waals surface area (Å²) in [6.07, 6.45) is 1.31. The zero-order chi connectivity index (χ0) is 16.0. The lowest BCUT2D eigenvalue weighted by atomic mass is 10.1. The SMILES string of the molecule is CS(=O)(=O)OCc1ccc(NC(=O)Cc2ccccc2)cc1. The van der Waals surface area contributed by atoms with Gasteiger partial charge in [-0.3, -0.25) is 8.98 Å². The van der Waals surface area contributed by atoms with Crippen molar-refractivity contribution >= 4 is 21.7 Å². The van der Waals surface area contributed by atoms with Crippen molar-refractivity contribution in [3.63, 3.8) is 0 Å². The Bertz CT molecular complexity index is 725. The third-order valence-corrected chi connectivity index (χ3v) is 3.43. The van der Waals surface area contributed by atoms with Crippen molar-refractivity contribution in [2.45, 2.75) is 13.0 Å².